The van der Waals surface area contributed by atoms with Crippen molar-refractivity contribution < 1.29 is 13.2 Å². The minimum absolute atomic E-state index is 0.0640. The molecule has 0 aliphatic carbocycles. The summed E-state index contributed by atoms with van der Waals surface area (Å²) in [5, 5.41) is 0. The van der Waals surface area contributed by atoms with Gasteiger partial charge in [-0.1, -0.05) is 25.2 Å². The van der Waals surface area contributed by atoms with Crippen LogP contribution in [0, 0.1) is 5.41 Å². The summed E-state index contributed by atoms with van der Waals surface area (Å²) in [4.78, 5) is 9.67. The van der Waals surface area contributed by atoms with Crippen LogP contribution in [0.4, 0.5) is 0 Å². The van der Waals surface area contributed by atoms with Gasteiger partial charge in [-0.25, -0.2) is 13.2 Å². The van der Waals surface area contributed by atoms with E-state index >= 15 is 0 Å². The number of rotatable bonds is 3. The summed E-state index contributed by atoms with van der Waals surface area (Å²) in [6, 6.07) is 0. The standard InChI is InChI=1S/C7H13NO3S/c1-7(2,3)4-5-12(10,11)8-6-9/h4-5H2,1-3H3. The molecule has 0 saturated carbocycles. The fourth-order valence-electron chi connectivity index (χ4n) is 0.538. The van der Waals surface area contributed by atoms with Crippen molar-refractivity contribution in [3.63, 3.8) is 0 Å². The molecule has 70 valence electrons. The Bertz CT molecular complexity index is 280. The second-order valence-corrected chi connectivity index (χ2v) is 5.53. The van der Waals surface area contributed by atoms with Gasteiger partial charge in [-0.2, -0.15) is 0 Å². The number of isocyanates is 1. The third kappa shape index (κ3) is 6.07. The predicted octanol–water partition coefficient (Wildman–Crippen LogP) is 1.09. The third-order valence-corrected chi connectivity index (χ3v) is 2.36. The van der Waals surface area contributed by atoms with Crippen LogP contribution in [0.25, 0.3) is 0 Å². The van der Waals surface area contributed by atoms with E-state index < -0.39 is 10.0 Å². The molecular formula is C7H13NO3S. The molecule has 0 aromatic heterocycles. The molecule has 0 bridgehead atoms. The van der Waals surface area contributed by atoms with Crippen molar-refractivity contribution >= 4 is 16.1 Å². The zero-order valence-electron chi connectivity index (χ0n) is 7.49. The molecule has 0 fully saturated rings. The van der Waals surface area contributed by atoms with Crippen LogP contribution in [0.2, 0.25) is 0 Å². The first-order chi connectivity index (χ1) is 5.27. The summed E-state index contributed by atoms with van der Waals surface area (Å²) in [5.74, 6) is -0.0915. The molecule has 0 spiro atoms. The topological polar surface area (TPSA) is 63.6 Å². The van der Waals surface area contributed by atoms with Crippen molar-refractivity contribution in [1.29, 1.82) is 0 Å². The van der Waals surface area contributed by atoms with Gasteiger partial charge in [-0.3, -0.25) is 0 Å². The average molecular weight is 191 g/mol. The van der Waals surface area contributed by atoms with Gasteiger partial charge >= 0.3 is 0 Å². The minimum Gasteiger partial charge on any atom is -0.210 e. The quantitative estimate of drug-likeness (QED) is 0.495. The van der Waals surface area contributed by atoms with Crippen molar-refractivity contribution in [3.8, 4) is 0 Å². The monoisotopic (exact) mass is 191 g/mol. The van der Waals surface area contributed by atoms with E-state index in [0.717, 1.165) is 6.08 Å². The lowest BCUT2D eigenvalue weighted by Crippen LogP contribution is -2.12. The highest BCUT2D eigenvalue weighted by Crippen LogP contribution is 2.19. The highest BCUT2D eigenvalue weighted by Gasteiger charge is 2.16. The van der Waals surface area contributed by atoms with Crippen molar-refractivity contribution in [2.75, 3.05) is 5.75 Å². The van der Waals surface area contributed by atoms with Gasteiger partial charge in [0.15, 0.2) is 0 Å². The molecule has 12 heavy (non-hydrogen) atoms. The van der Waals surface area contributed by atoms with E-state index in [0.29, 0.717) is 6.42 Å². The molecular weight excluding hydrogens is 178 g/mol. The zero-order valence-corrected chi connectivity index (χ0v) is 8.31. The van der Waals surface area contributed by atoms with Crippen LogP contribution < -0.4 is 0 Å². The highest BCUT2D eigenvalue weighted by molar-refractivity contribution is 7.90. The van der Waals surface area contributed by atoms with Crippen LogP contribution in [0.5, 0.6) is 0 Å². The van der Waals surface area contributed by atoms with Crippen LogP contribution >= 0.6 is 0 Å². The van der Waals surface area contributed by atoms with E-state index in [9.17, 15) is 13.2 Å². The number of nitrogens with zero attached hydrogens (tertiary/aromatic N) is 1. The molecule has 0 radical (unpaired) electrons. The summed E-state index contributed by atoms with van der Waals surface area (Å²) in [6.45, 7) is 5.77. The molecule has 0 amide bonds. The molecule has 0 heterocycles. The molecule has 4 nitrogen and oxygen atoms in total. The summed E-state index contributed by atoms with van der Waals surface area (Å²) < 4.78 is 24.4. The molecule has 0 N–H and O–H groups in total. The Morgan fingerprint density at radius 1 is 1.33 bits per heavy atom. The molecule has 0 saturated heterocycles. The Balaban J connectivity index is 4.21. The number of hydrogen-bond acceptors (Lipinski definition) is 3. The molecule has 0 atom stereocenters. The first kappa shape index (κ1) is 11.3. The molecule has 0 rings (SSSR count). The van der Waals surface area contributed by atoms with Gasteiger partial charge < -0.3 is 0 Å². The summed E-state index contributed by atoms with van der Waals surface area (Å²) in [7, 11) is -3.56. The van der Waals surface area contributed by atoms with Crippen LogP contribution in [-0.2, 0) is 14.8 Å². The van der Waals surface area contributed by atoms with E-state index in [1.165, 1.54) is 0 Å². The number of hydrogen-bond donors (Lipinski definition) is 0. The van der Waals surface area contributed by atoms with Crippen molar-refractivity contribution in [2.24, 2.45) is 9.81 Å². The largest absolute Gasteiger partial charge is 0.263 e. The van der Waals surface area contributed by atoms with Gasteiger partial charge in [-0.15, -0.1) is 0 Å². The normalized spacial score (nSPS) is 12.2. The summed E-state index contributed by atoms with van der Waals surface area (Å²) in [5.41, 5.74) is -0.0640. The van der Waals surface area contributed by atoms with Crippen LogP contribution in [0.3, 0.4) is 0 Å². The Labute approximate surface area is 72.7 Å². The molecule has 0 unspecified atom stereocenters. The van der Waals surface area contributed by atoms with E-state index in [1.807, 2.05) is 20.8 Å². The molecule has 0 aromatic rings. The lowest BCUT2D eigenvalue weighted by molar-refractivity contribution is 0.397. The van der Waals surface area contributed by atoms with Crippen molar-refractivity contribution in [2.45, 2.75) is 27.2 Å². The van der Waals surface area contributed by atoms with E-state index in [4.69, 9.17) is 0 Å². The van der Waals surface area contributed by atoms with Gasteiger partial charge in [0.2, 0.25) is 0 Å². The Kier molecular flexibility index (Phi) is 3.61. The Morgan fingerprint density at radius 2 is 1.83 bits per heavy atom. The number of sulfonamides is 1. The zero-order chi connectivity index (χ0) is 9.83. The van der Waals surface area contributed by atoms with Gasteiger partial charge in [0, 0.05) is 0 Å². The SMILES string of the molecule is CC(C)(C)CCS(=O)(=O)N=C=O. The molecule has 0 aliphatic rings. The second kappa shape index (κ2) is 3.83. The van der Waals surface area contributed by atoms with Crippen LogP contribution in [0.1, 0.15) is 27.2 Å². The summed E-state index contributed by atoms with van der Waals surface area (Å²) in [6.07, 6.45) is 1.52. The maximum atomic E-state index is 10.8. The molecule has 0 aliphatic heterocycles. The first-order valence-electron chi connectivity index (χ1n) is 3.59. The maximum Gasteiger partial charge on any atom is 0.263 e. The van der Waals surface area contributed by atoms with Crippen LogP contribution in [0.15, 0.2) is 4.40 Å². The molecule has 5 heteroatoms. The fraction of sp³-hybridized carbons (Fsp3) is 0.857. The average Bonchev–Trinajstić information content (AvgIpc) is 1.83. The van der Waals surface area contributed by atoms with Gasteiger partial charge in [0.25, 0.3) is 16.1 Å². The predicted molar refractivity (Wildman–Crippen MR) is 46.0 cm³/mol. The second-order valence-electron chi connectivity index (χ2n) is 3.78. The van der Waals surface area contributed by atoms with Gasteiger partial charge in [0.05, 0.1) is 5.75 Å². The smallest absolute Gasteiger partial charge is 0.210 e. The highest BCUT2D eigenvalue weighted by atomic mass is 32.2. The van der Waals surface area contributed by atoms with Gasteiger partial charge in [0.1, 0.15) is 0 Å². The first-order valence-corrected chi connectivity index (χ1v) is 5.20. The Morgan fingerprint density at radius 3 is 2.17 bits per heavy atom. The van der Waals surface area contributed by atoms with Crippen LogP contribution in [-0.4, -0.2) is 20.3 Å². The number of carbonyl (C=O) groups excluding carboxylic acids is 1. The molecule has 0 aromatic carbocycles. The van der Waals surface area contributed by atoms with E-state index in [1.54, 1.807) is 0 Å². The summed E-state index contributed by atoms with van der Waals surface area (Å²) >= 11 is 0. The maximum absolute atomic E-state index is 10.8. The van der Waals surface area contributed by atoms with E-state index in [2.05, 4.69) is 4.40 Å². The lowest BCUT2D eigenvalue weighted by atomic mass is 9.94. The van der Waals surface area contributed by atoms with Crippen molar-refractivity contribution in [3.05, 3.63) is 0 Å². The van der Waals surface area contributed by atoms with Crippen molar-refractivity contribution in [1.82, 2.24) is 0 Å². The van der Waals surface area contributed by atoms with Gasteiger partial charge in [-0.05, 0) is 11.8 Å². The Hall–Kier alpha value is -0.670. The van der Waals surface area contributed by atoms with E-state index in [-0.39, 0.29) is 11.2 Å². The third-order valence-electron chi connectivity index (χ3n) is 1.29. The fourth-order valence-corrected chi connectivity index (χ4v) is 1.61. The lowest BCUT2D eigenvalue weighted by Gasteiger charge is -2.15. The minimum atomic E-state index is -3.56.